The van der Waals surface area contributed by atoms with Crippen molar-refractivity contribution in [2.75, 3.05) is 5.32 Å². The van der Waals surface area contributed by atoms with Gasteiger partial charge >= 0.3 is 0 Å². The van der Waals surface area contributed by atoms with Crippen molar-refractivity contribution in [1.82, 2.24) is 9.78 Å². The number of anilines is 1. The van der Waals surface area contributed by atoms with E-state index in [1.807, 2.05) is 60.1 Å². The predicted octanol–water partition coefficient (Wildman–Crippen LogP) is 6.19. The SMILES string of the molecule is Cc1nn2c(c1-c1ccc(Cl)cc1)NC1=C(C(=O)CCC1)[C@H]2c1ccc(Cl)cc1. The van der Waals surface area contributed by atoms with Gasteiger partial charge in [-0.2, -0.15) is 5.10 Å². The fourth-order valence-corrected chi connectivity index (χ4v) is 4.60. The van der Waals surface area contributed by atoms with Crippen molar-refractivity contribution in [2.24, 2.45) is 0 Å². The van der Waals surface area contributed by atoms with Crippen LogP contribution in [-0.2, 0) is 4.79 Å². The molecule has 0 spiro atoms. The molecule has 4 nitrogen and oxygen atoms in total. The molecule has 0 saturated carbocycles. The van der Waals surface area contributed by atoms with Crippen molar-refractivity contribution in [2.45, 2.75) is 32.2 Å². The molecule has 1 N–H and O–H groups in total. The van der Waals surface area contributed by atoms with Crippen molar-refractivity contribution in [3.63, 3.8) is 0 Å². The van der Waals surface area contributed by atoms with Crippen LogP contribution in [0.5, 0.6) is 0 Å². The van der Waals surface area contributed by atoms with Gasteiger partial charge in [0.25, 0.3) is 0 Å². The second kappa shape index (κ2) is 7.05. The second-order valence-corrected chi connectivity index (χ2v) is 8.38. The molecule has 0 radical (unpaired) electrons. The Kier molecular flexibility index (Phi) is 4.49. The monoisotopic (exact) mass is 423 g/mol. The average Bonchev–Trinajstić information content (AvgIpc) is 3.03. The molecule has 2 aliphatic rings. The van der Waals surface area contributed by atoms with E-state index in [1.165, 1.54) is 0 Å². The van der Waals surface area contributed by atoms with Crippen LogP contribution >= 0.6 is 23.2 Å². The summed E-state index contributed by atoms with van der Waals surface area (Å²) in [4.78, 5) is 12.9. The lowest BCUT2D eigenvalue weighted by molar-refractivity contribution is -0.116. The number of carbonyl (C=O) groups is 1. The molecule has 6 heteroatoms. The number of hydrogen-bond donors (Lipinski definition) is 1. The molecule has 1 aromatic heterocycles. The first-order valence-electron chi connectivity index (χ1n) is 9.66. The molecule has 0 bridgehead atoms. The summed E-state index contributed by atoms with van der Waals surface area (Å²) in [6.45, 7) is 2.00. The van der Waals surface area contributed by atoms with E-state index in [9.17, 15) is 4.79 Å². The van der Waals surface area contributed by atoms with Crippen LogP contribution in [0.3, 0.4) is 0 Å². The summed E-state index contributed by atoms with van der Waals surface area (Å²) in [5.74, 6) is 1.10. The lowest BCUT2D eigenvalue weighted by Crippen LogP contribution is -2.31. The van der Waals surface area contributed by atoms with Crippen molar-refractivity contribution >= 4 is 34.8 Å². The fourth-order valence-electron chi connectivity index (χ4n) is 4.35. The summed E-state index contributed by atoms with van der Waals surface area (Å²) >= 11 is 12.2. The third-order valence-electron chi connectivity index (χ3n) is 5.65. The third kappa shape index (κ3) is 3.07. The summed E-state index contributed by atoms with van der Waals surface area (Å²) in [5, 5.41) is 9.77. The Bertz CT molecular complexity index is 1140. The number of Topliss-reactive ketones (excluding diaryl/α,β-unsaturated/α-hetero) is 1. The van der Waals surface area contributed by atoms with E-state index in [0.29, 0.717) is 16.5 Å². The summed E-state index contributed by atoms with van der Waals surface area (Å²) in [7, 11) is 0. The number of halogens is 2. The molecular weight excluding hydrogens is 405 g/mol. The smallest absolute Gasteiger partial charge is 0.163 e. The normalized spacial score (nSPS) is 18.3. The summed E-state index contributed by atoms with van der Waals surface area (Å²) < 4.78 is 1.95. The van der Waals surface area contributed by atoms with Crippen LogP contribution < -0.4 is 5.32 Å². The Balaban J connectivity index is 1.73. The van der Waals surface area contributed by atoms with Crippen LogP contribution in [0.4, 0.5) is 5.82 Å². The first kappa shape index (κ1) is 18.5. The number of fused-ring (bicyclic) bond motifs is 1. The Morgan fingerprint density at radius 3 is 2.34 bits per heavy atom. The van der Waals surface area contributed by atoms with E-state index < -0.39 is 0 Å². The van der Waals surface area contributed by atoms with Crippen LogP contribution in [0.1, 0.15) is 36.6 Å². The van der Waals surface area contributed by atoms with E-state index in [1.54, 1.807) is 0 Å². The zero-order valence-corrected chi connectivity index (χ0v) is 17.4. The zero-order chi connectivity index (χ0) is 20.1. The third-order valence-corrected chi connectivity index (χ3v) is 6.15. The molecule has 3 aromatic rings. The van der Waals surface area contributed by atoms with Crippen molar-refractivity contribution in [3.05, 3.63) is 81.1 Å². The Hall–Kier alpha value is -2.56. The van der Waals surface area contributed by atoms with E-state index >= 15 is 0 Å². The number of benzene rings is 2. The van der Waals surface area contributed by atoms with Gasteiger partial charge in [0.2, 0.25) is 0 Å². The number of rotatable bonds is 2. The number of ketones is 1. The number of nitrogens with one attached hydrogen (secondary N) is 1. The highest BCUT2D eigenvalue weighted by Crippen LogP contribution is 2.45. The maximum absolute atomic E-state index is 12.9. The van der Waals surface area contributed by atoms with E-state index in [4.69, 9.17) is 28.3 Å². The van der Waals surface area contributed by atoms with Crippen LogP contribution in [0, 0.1) is 6.92 Å². The van der Waals surface area contributed by atoms with E-state index in [0.717, 1.165) is 52.3 Å². The minimum atomic E-state index is -0.258. The van der Waals surface area contributed by atoms with Crippen molar-refractivity contribution in [3.8, 4) is 11.1 Å². The molecule has 1 aliphatic heterocycles. The zero-order valence-electron chi connectivity index (χ0n) is 15.9. The number of carbonyl (C=O) groups excluding carboxylic acids is 1. The molecule has 0 saturated heterocycles. The largest absolute Gasteiger partial charge is 0.343 e. The first-order chi connectivity index (χ1) is 14.0. The standard InChI is InChI=1S/C23H19Cl2N3O/c1-13-20(14-5-9-16(24)10-6-14)23-26-18-3-2-4-19(29)21(18)22(28(23)27-13)15-7-11-17(25)12-8-15/h5-12,22,26H,2-4H2,1H3/t22-/m1/s1. The van der Waals surface area contributed by atoms with Gasteiger partial charge in [0, 0.05) is 33.3 Å². The van der Waals surface area contributed by atoms with Crippen LogP contribution in [-0.4, -0.2) is 15.6 Å². The Labute approximate surface area is 179 Å². The molecule has 5 rings (SSSR count). The fraction of sp³-hybridized carbons (Fsp3) is 0.217. The molecule has 29 heavy (non-hydrogen) atoms. The lowest BCUT2D eigenvalue weighted by atomic mass is 9.85. The molecule has 2 heterocycles. The molecular formula is C23H19Cl2N3O. The minimum absolute atomic E-state index is 0.186. The highest BCUT2D eigenvalue weighted by atomic mass is 35.5. The van der Waals surface area contributed by atoms with Gasteiger partial charge in [0.05, 0.1) is 5.69 Å². The summed E-state index contributed by atoms with van der Waals surface area (Å²) in [5.41, 5.74) is 5.80. The lowest BCUT2D eigenvalue weighted by Gasteiger charge is -2.33. The van der Waals surface area contributed by atoms with Gasteiger partial charge in [0.1, 0.15) is 11.9 Å². The Morgan fingerprint density at radius 2 is 1.66 bits per heavy atom. The maximum Gasteiger partial charge on any atom is 0.163 e. The number of nitrogens with zero attached hydrogens (tertiary/aromatic N) is 2. The van der Waals surface area contributed by atoms with Gasteiger partial charge in [0.15, 0.2) is 5.78 Å². The molecule has 0 unspecified atom stereocenters. The van der Waals surface area contributed by atoms with Gasteiger partial charge < -0.3 is 5.32 Å². The molecule has 1 aliphatic carbocycles. The van der Waals surface area contributed by atoms with Gasteiger partial charge in [-0.1, -0.05) is 47.5 Å². The van der Waals surface area contributed by atoms with Gasteiger partial charge in [-0.3, -0.25) is 4.79 Å². The van der Waals surface area contributed by atoms with Crippen LogP contribution in [0.25, 0.3) is 11.1 Å². The number of aromatic nitrogens is 2. The van der Waals surface area contributed by atoms with Crippen LogP contribution in [0.15, 0.2) is 59.8 Å². The molecule has 2 aromatic carbocycles. The number of allylic oxidation sites excluding steroid dienone is 2. The summed E-state index contributed by atoms with van der Waals surface area (Å²) in [6, 6.07) is 15.2. The maximum atomic E-state index is 12.9. The average molecular weight is 424 g/mol. The van der Waals surface area contributed by atoms with Gasteiger partial charge in [-0.05, 0) is 55.2 Å². The Morgan fingerprint density at radius 1 is 1.00 bits per heavy atom. The predicted molar refractivity (Wildman–Crippen MR) is 117 cm³/mol. The topological polar surface area (TPSA) is 46.9 Å². The van der Waals surface area contributed by atoms with E-state index in [-0.39, 0.29) is 11.8 Å². The highest BCUT2D eigenvalue weighted by molar-refractivity contribution is 6.30. The second-order valence-electron chi connectivity index (χ2n) is 7.51. The molecule has 0 amide bonds. The quantitative estimate of drug-likeness (QED) is 0.534. The summed E-state index contributed by atoms with van der Waals surface area (Å²) in [6.07, 6.45) is 2.29. The highest BCUT2D eigenvalue weighted by Gasteiger charge is 2.37. The molecule has 1 atom stereocenters. The van der Waals surface area contributed by atoms with Gasteiger partial charge in [-0.25, -0.2) is 4.68 Å². The number of hydrogen-bond acceptors (Lipinski definition) is 3. The van der Waals surface area contributed by atoms with E-state index in [2.05, 4.69) is 5.32 Å². The first-order valence-corrected chi connectivity index (χ1v) is 10.4. The molecule has 0 fully saturated rings. The van der Waals surface area contributed by atoms with Crippen molar-refractivity contribution in [1.29, 1.82) is 0 Å². The van der Waals surface area contributed by atoms with Crippen LogP contribution in [0.2, 0.25) is 10.0 Å². The molecule has 146 valence electrons. The number of aryl methyl sites for hydroxylation is 1. The van der Waals surface area contributed by atoms with Gasteiger partial charge in [-0.15, -0.1) is 0 Å². The van der Waals surface area contributed by atoms with Crippen molar-refractivity contribution < 1.29 is 4.79 Å². The minimum Gasteiger partial charge on any atom is -0.343 e.